The molecule has 0 N–H and O–H groups in total. The molecular formula is C20H19N3O2S. The van der Waals surface area contributed by atoms with E-state index in [1.165, 1.54) is 10.4 Å². The van der Waals surface area contributed by atoms with Gasteiger partial charge in [0.25, 0.3) is 0 Å². The number of hydrogen-bond donors (Lipinski definition) is 0. The molecule has 0 fully saturated rings. The van der Waals surface area contributed by atoms with Crippen LogP contribution in [0.15, 0.2) is 69.1 Å². The van der Waals surface area contributed by atoms with Gasteiger partial charge in [0.05, 0.1) is 19.4 Å². The molecule has 26 heavy (non-hydrogen) atoms. The van der Waals surface area contributed by atoms with Gasteiger partial charge in [0.2, 0.25) is 11.7 Å². The molecule has 0 saturated heterocycles. The van der Waals surface area contributed by atoms with Crippen molar-refractivity contribution in [3.05, 3.63) is 82.3 Å². The van der Waals surface area contributed by atoms with Crippen molar-refractivity contribution in [3.63, 3.8) is 0 Å². The Hall–Kier alpha value is -2.70. The Bertz CT molecular complexity index is 892. The molecule has 0 saturated carbocycles. The first-order valence-electron chi connectivity index (χ1n) is 8.43. The molecule has 3 aromatic heterocycles. The predicted molar refractivity (Wildman–Crippen MR) is 100 cm³/mol. The molecule has 1 aromatic carbocycles. The minimum Gasteiger partial charge on any atom is -0.468 e. The van der Waals surface area contributed by atoms with Gasteiger partial charge in [-0.15, -0.1) is 11.3 Å². The number of aromatic nitrogens is 2. The summed E-state index contributed by atoms with van der Waals surface area (Å²) < 4.78 is 11.0. The Morgan fingerprint density at radius 1 is 1.00 bits per heavy atom. The summed E-state index contributed by atoms with van der Waals surface area (Å²) in [7, 11) is 0. The van der Waals surface area contributed by atoms with Gasteiger partial charge in [-0.2, -0.15) is 4.98 Å². The molecule has 0 aliphatic carbocycles. The average molecular weight is 365 g/mol. The van der Waals surface area contributed by atoms with Crippen molar-refractivity contribution in [2.75, 3.05) is 0 Å². The molecule has 0 aliphatic heterocycles. The Labute approximate surface area is 155 Å². The first kappa shape index (κ1) is 16.8. The van der Waals surface area contributed by atoms with Gasteiger partial charge in [-0.25, -0.2) is 0 Å². The van der Waals surface area contributed by atoms with Gasteiger partial charge in [-0.05, 0) is 30.5 Å². The van der Waals surface area contributed by atoms with Crippen LogP contribution in [0.5, 0.6) is 0 Å². The van der Waals surface area contributed by atoms with Crippen LogP contribution >= 0.6 is 11.3 Å². The fourth-order valence-corrected chi connectivity index (χ4v) is 3.49. The molecule has 3 heterocycles. The molecule has 6 heteroatoms. The van der Waals surface area contributed by atoms with E-state index in [9.17, 15) is 0 Å². The summed E-state index contributed by atoms with van der Waals surface area (Å²) in [6.45, 7) is 4.12. The number of nitrogens with zero attached hydrogens (tertiary/aromatic N) is 3. The first-order valence-corrected chi connectivity index (χ1v) is 9.31. The lowest BCUT2D eigenvalue weighted by atomic mass is 10.1. The number of benzene rings is 1. The molecule has 5 nitrogen and oxygen atoms in total. The van der Waals surface area contributed by atoms with Crippen LogP contribution in [0.4, 0.5) is 0 Å². The average Bonchev–Trinajstić information content (AvgIpc) is 3.38. The van der Waals surface area contributed by atoms with E-state index in [2.05, 4.69) is 39.5 Å². The van der Waals surface area contributed by atoms with Crippen LogP contribution in [0.3, 0.4) is 0 Å². The van der Waals surface area contributed by atoms with Crippen LogP contribution in [-0.2, 0) is 19.6 Å². The summed E-state index contributed by atoms with van der Waals surface area (Å²) in [6, 6.07) is 16.2. The maximum absolute atomic E-state index is 5.50. The monoisotopic (exact) mass is 365 g/mol. The number of hydrogen-bond acceptors (Lipinski definition) is 6. The van der Waals surface area contributed by atoms with Crippen LogP contribution in [0.25, 0.3) is 11.4 Å². The zero-order valence-electron chi connectivity index (χ0n) is 14.5. The van der Waals surface area contributed by atoms with Crippen molar-refractivity contribution >= 4 is 11.3 Å². The Morgan fingerprint density at radius 3 is 2.62 bits per heavy atom. The van der Waals surface area contributed by atoms with Crippen molar-refractivity contribution < 1.29 is 8.94 Å². The van der Waals surface area contributed by atoms with Gasteiger partial charge in [0, 0.05) is 17.0 Å². The van der Waals surface area contributed by atoms with E-state index < -0.39 is 0 Å². The van der Waals surface area contributed by atoms with E-state index in [-0.39, 0.29) is 0 Å². The lowest BCUT2D eigenvalue weighted by Gasteiger charge is -2.18. The number of aryl methyl sites for hydroxylation is 1. The molecule has 0 unspecified atom stereocenters. The Morgan fingerprint density at radius 2 is 1.88 bits per heavy atom. The second-order valence-corrected chi connectivity index (χ2v) is 7.21. The second-order valence-electron chi connectivity index (χ2n) is 6.18. The van der Waals surface area contributed by atoms with Crippen LogP contribution in [0.2, 0.25) is 0 Å². The zero-order chi connectivity index (χ0) is 17.8. The van der Waals surface area contributed by atoms with Crippen LogP contribution in [-0.4, -0.2) is 15.0 Å². The van der Waals surface area contributed by atoms with Crippen molar-refractivity contribution in [2.45, 2.75) is 26.6 Å². The van der Waals surface area contributed by atoms with Crippen molar-refractivity contribution in [1.29, 1.82) is 0 Å². The van der Waals surface area contributed by atoms with Crippen LogP contribution < -0.4 is 0 Å². The fraction of sp³-hybridized carbons (Fsp3) is 0.200. The fourth-order valence-electron chi connectivity index (χ4n) is 2.74. The van der Waals surface area contributed by atoms with Crippen LogP contribution in [0, 0.1) is 6.92 Å². The molecule has 4 rings (SSSR count). The van der Waals surface area contributed by atoms with E-state index in [0.717, 1.165) is 17.9 Å². The summed E-state index contributed by atoms with van der Waals surface area (Å²) >= 11 is 1.74. The van der Waals surface area contributed by atoms with Crippen molar-refractivity contribution in [3.8, 4) is 11.4 Å². The Kier molecular flexibility index (Phi) is 4.95. The lowest BCUT2D eigenvalue weighted by molar-refractivity contribution is 0.198. The quantitative estimate of drug-likeness (QED) is 0.466. The zero-order valence-corrected chi connectivity index (χ0v) is 15.3. The summed E-state index contributed by atoms with van der Waals surface area (Å²) in [5.74, 6) is 2.14. The molecule has 0 atom stereocenters. The van der Waals surface area contributed by atoms with Crippen molar-refractivity contribution in [1.82, 2.24) is 15.0 Å². The molecule has 0 amide bonds. The highest BCUT2D eigenvalue weighted by molar-refractivity contribution is 7.09. The summed E-state index contributed by atoms with van der Waals surface area (Å²) in [5, 5.41) is 6.22. The number of thiophene rings is 1. The van der Waals surface area contributed by atoms with E-state index >= 15 is 0 Å². The minimum absolute atomic E-state index is 0.567. The molecule has 0 aliphatic rings. The predicted octanol–water partition coefficient (Wildman–Crippen LogP) is 4.90. The van der Waals surface area contributed by atoms with E-state index in [4.69, 9.17) is 8.94 Å². The number of furan rings is 1. The second kappa shape index (κ2) is 7.68. The maximum atomic E-state index is 5.50. The van der Waals surface area contributed by atoms with Gasteiger partial charge in [0.1, 0.15) is 5.76 Å². The highest BCUT2D eigenvalue weighted by atomic mass is 32.1. The summed E-state index contributed by atoms with van der Waals surface area (Å²) in [4.78, 5) is 8.08. The van der Waals surface area contributed by atoms with E-state index in [0.29, 0.717) is 24.8 Å². The molecule has 4 aromatic rings. The number of rotatable bonds is 7. The third-order valence-electron chi connectivity index (χ3n) is 4.06. The van der Waals surface area contributed by atoms with Gasteiger partial charge >= 0.3 is 0 Å². The Balaban J connectivity index is 1.50. The lowest BCUT2D eigenvalue weighted by Crippen LogP contribution is -2.21. The van der Waals surface area contributed by atoms with Crippen molar-refractivity contribution in [2.24, 2.45) is 0 Å². The summed E-state index contributed by atoms with van der Waals surface area (Å²) in [5.41, 5.74) is 2.17. The largest absolute Gasteiger partial charge is 0.468 e. The third-order valence-corrected chi connectivity index (χ3v) is 4.92. The standard InChI is InChI=1S/C20H19N3O2S/c1-15-6-8-16(9-7-15)20-21-19(25-22-20)14-23(12-17-4-2-10-24-17)13-18-5-3-11-26-18/h2-11H,12-14H2,1H3. The summed E-state index contributed by atoms with van der Waals surface area (Å²) in [6.07, 6.45) is 1.70. The van der Waals surface area contributed by atoms with Gasteiger partial charge in [0.15, 0.2) is 0 Å². The van der Waals surface area contributed by atoms with Gasteiger partial charge in [-0.3, -0.25) is 4.90 Å². The third kappa shape index (κ3) is 4.09. The highest BCUT2D eigenvalue weighted by Gasteiger charge is 2.15. The smallest absolute Gasteiger partial charge is 0.241 e. The van der Waals surface area contributed by atoms with E-state index in [1.54, 1.807) is 17.6 Å². The normalized spacial score (nSPS) is 11.3. The first-order chi connectivity index (χ1) is 12.8. The van der Waals surface area contributed by atoms with Gasteiger partial charge < -0.3 is 8.94 Å². The molecule has 0 radical (unpaired) electrons. The van der Waals surface area contributed by atoms with E-state index in [1.807, 2.05) is 36.4 Å². The molecule has 132 valence electrons. The van der Waals surface area contributed by atoms with Crippen LogP contribution in [0.1, 0.15) is 22.1 Å². The highest BCUT2D eigenvalue weighted by Crippen LogP contribution is 2.20. The molecular weight excluding hydrogens is 346 g/mol. The molecule has 0 bridgehead atoms. The SMILES string of the molecule is Cc1ccc(-c2noc(CN(Cc3ccco3)Cc3cccs3)n2)cc1. The maximum Gasteiger partial charge on any atom is 0.241 e. The van der Waals surface area contributed by atoms with Gasteiger partial charge in [-0.1, -0.05) is 41.1 Å². The molecule has 0 spiro atoms. The topological polar surface area (TPSA) is 55.3 Å². The minimum atomic E-state index is 0.567.